The van der Waals surface area contributed by atoms with Crippen molar-refractivity contribution in [2.45, 2.75) is 19.8 Å². The van der Waals surface area contributed by atoms with Gasteiger partial charge in [0.1, 0.15) is 0 Å². The fraction of sp³-hybridized carbons (Fsp3) is 0.562. The van der Waals surface area contributed by atoms with Crippen LogP contribution in [0.2, 0.25) is 0 Å². The van der Waals surface area contributed by atoms with Gasteiger partial charge in [-0.1, -0.05) is 19.1 Å². The molecule has 5 nitrogen and oxygen atoms in total. The van der Waals surface area contributed by atoms with Crippen molar-refractivity contribution in [2.75, 3.05) is 33.4 Å². The van der Waals surface area contributed by atoms with E-state index in [-0.39, 0.29) is 17.9 Å². The number of methoxy groups -OCH3 is 1. The fourth-order valence-electron chi connectivity index (χ4n) is 2.45. The Labute approximate surface area is 126 Å². The predicted molar refractivity (Wildman–Crippen MR) is 81.7 cm³/mol. The molecule has 5 heteroatoms. The molecular formula is C16H24N2O3. The molecule has 116 valence electrons. The molecule has 0 spiro atoms. The quantitative estimate of drug-likeness (QED) is 0.836. The Bertz CT molecular complexity index is 470. The summed E-state index contributed by atoms with van der Waals surface area (Å²) in [5.41, 5.74) is 0.186. The zero-order chi connectivity index (χ0) is 15.1. The molecule has 0 aromatic heterocycles. The van der Waals surface area contributed by atoms with Crippen molar-refractivity contribution >= 4 is 5.91 Å². The Hall–Kier alpha value is -1.75. The van der Waals surface area contributed by atoms with Crippen molar-refractivity contribution in [2.24, 2.45) is 5.41 Å². The number of hydrogen-bond donors (Lipinski definition) is 2. The monoisotopic (exact) mass is 292 g/mol. The van der Waals surface area contributed by atoms with E-state index >= 15 is 0 Å². The lowest BCUT2D eigenvalue weighted by Gasteiger charge is -2.34. The third-order valence-electron chi connectivity index (χ3n) is 3.95. The van der Waals surface area contributed by atoms with Crippen molar-refractivity contribution in [3.05, 3.63) is 24.3 Å². The van der Waals surface area contributed by atoms with E-state index in [9.17, 15) is 4.79 Å². The maximum absolute atomic E-state index is 11.9. The highest BCUT2D eigenvalue weighted by atomic mass is 16.5. The number of piperidine rings is 1. The van der Waals surface area contributed by atoms with Crippen LogP contribution in [-0.2, 0) is 4.79 Å². The first kappa shape index (κ1) is 15.6. The minimum Gasteiger partial charge on any atom is -0.493 e. The average molecular weight is 292 g/mol. The van der Waals surface area contributed by atoms with Crippen LogP contribution in [0.4, 0.5) is 0 Å². The molecule has 1 fully saturated rings. The molecule has 0 bridgehead atoms. The normalized spacial score (nSPS) is 17.0. The van der Waals surface area contributed by atoms with Gasteiger partial charge in [-0.3, -0.25) is 4.79 Å². The SMILES string of the molecule is COc1ccccc1OCC(=O)NCC1(C)CCNCC1. The number of rotatable bonds is 6. The van der Waals surface area contributed by atoms with E-state index < -0.39 is 0 Å². The van der Waals surface area contributed by atoms with Crippen molar-refractivity contribution in [3.8, 4) is 11.5 Å². The molecule has 1 heterocycles. The van der Waals surface area contributed by atoms with Gasteiger partial charge in [-0.05, 0) is 43.5 Å². The second-order valence-electron chi connectivity index (χ2n) is 5.78. The molecule has 1 amide bonds. The Morgan fingerprint density at radius 1 is 1.29 bits per heavy atom. The highest BCUT2D eigenvalue weighted by Gasteiger charge is 2.26. The molecule has 1 aromatic carbocycles. The fourth-order valence-corrected chi connectivity index (χ4v) is 2.45. The third-order valence-corrected chi connectivity index (χ3v) is 3.95. The van der Waals surface area contributed by atoms with Crippen LogP contribution >= 0.6 is 0 Å². The number of hydrogen-bond acceptors (Lipinski definition) is 4. The average Bonchev–Trinajstić information content (AvgIpc) is 2.52. The summed E-state index contributed by atoms with van der Waals surface area (Å²) in [5.74, 6) is 1.12. The van der Waals surface area contributed by atoms with Gasteiger partial charge in [0.15, 0.2) is 18.1 Å². The summed E-state index contributed by atoms with van der Waals surface area (Å²) in [4.78, 5) is 11.9. The van der Waals surface area contributed by atoms with Crippen LogP contribution in [0.5, 0.6) is 11.5 Å². The van der Waals surface area contributed by atoms with Gasteiger partial charge in [-0.2, -0.15) is 0 Å². The van der Waals surface area contributed by atoms with E-state index in [2.05, 4.69) is 17.6 Å². The van der Waals surface area contributed by atoms with Gasteiger partial charge >= 0.3 is 0 Å². The molecule has 0 atom stereocenters. The van der Waals surface area contributed by atoms with E-state index in [1.807, 2.05) is 18.2 Å². The molecule has 0 radical (unpaired) electrons. The Morgan fingerprint density at radius 2 is 1.95 bits per heavy atom. The first-order valence-corrected chi connectivity index (χ1v) is 7.36. The summed E-state index contributed by atoms with van der Waals surface area (Å²) in [6.07, 6.45) is 2.17. The molecule has 0 unspecified atom stereocenters. The van der Waals surface area contributed by atoms with E-state index in [4.69, 9.17) is 9.47 Å². The number of benzene rings is 1. The number of amides is 1. The molecule has 2 N–H and O–H groups in total. The number of para-hydroxylation sites is 2. The second kappa shape index (κ2) is 7.31. The molecule has 1 saturated heterocycles. The summed E-state index contributed by atoms with van der Waals surface area (Å²) in [6, 6.07) is 7.32. The Morgan fingerprint density at radius 3 is 2.62 bits per heavy atom. The van der Waals surface area contributed by atoms with Crippen molar-refractivity contribution in [1.82, 2.24) is 10.6 Å². The lowest BCUT2D eigenvalue weighted by Crippen LogP contribution is -2.43. The smallest absolute Gasteiger partial charge is 0.257 e. The third kappa shape index (κ3) is 4.63. The molecular weight excluding hydrogens is 268 g/mol. The van der Waals surface area contributed by atoms with Gasteiger partial charge in [-0.25, -0.2) is 0 Å². The molecule has 2 rings (SSSR count). The molecule has 1 aromatic rings. The standard InChI is InChI=1S/C16H24N2O3/c1-16(7-9-17-10-8-16)12-18-15(19)11-21-14-6-4-3-5-13(14)20-2/h3-6,17H,7-12H2,1-2H3,(H,18,19). The maximum Gasteiger partial charge on any atom is 0.257 e. The highest BCUT2D eigenvalue weighted by molar-refractivity contribution is 5.77. The lowest BCUT2D eigenvalue weighted by atomic mass is 9.81. The molecule has 1 aliphatic heterocycles. The van der Waals surface area contributed by atoms with Crippen LogP contribution in [0, 0.1) is 5.41 Å². The molecule has 1 aliphatic rings. The summed E-state index contributed by atoms with van der Waals surface area (Å²) >= 11 is 0. The van der Waals surface area contributed by atoms with Gasteiger partial charge in [0.05, 0.1) is 7.11 Å². The largest absolute Gasteiger partial charge is 0.493 e. The van der Waals surface area contributed by atoms with E-state index in [0.717, 1.165) is 25.9 Å². The minimum absolute atomic E-state index is 0.00863. The van der Waals surface area contributed by atoms with Gasteiger partial charge in [0.25, 0.3) is 5.91 Å². The van der Waals surface area contributed by atoms with Gasteiger partial charge < -0.3 is 20.1 Å². The first-order valence-electron chi connectivity index (χ1n) is 7.36. The van der Waals surface area contributed by atoms with Crippen molar-refractivity contribution in [1.29, 1.82) is 0 Å². The number of carbonyl (C=O) groups excluding carboxylic acids is 1. The summed E-state index contributed by atoms with van der Waals surface area (Å²) < 4.78 is 10.7. The minimum atomic E-state index is -0.0966. The second-order valence-corrected chi connectivity index (χ2v) is 5.78. The molecule has 0 aliphatic carbocycles. The van der Waals surface area contributed by atoms with Crippen LogP contribution in [0.1, 0.15) is 19.8 Å². The van der Waals surface area contributed by atoms with Gasteiger partial charge in [-0.15, -0.1) is 0 Å². The van der Waals surface area contributed by atoms with Gasteiger partial charge in [0.2, 0.25) is 0 Å². The number of carbonyl (C=O) groups is 1. The van der Waals surface area contributed by atoms with E-state index in [0.29, 0.717) is 18.0 Å². The Kier molecular flexibility index (Phi) is 5.44. The predicted octanol–water partition coefficient (Wildman–Crippen LogP) is 1.58. The van der Waals surface area contributed by atoms with Crippen molar-refractivity contribution < 1.29 is 14.3 Å². The van der Waals surface area contributed by atoms with E-state index in [1.54, 1.807) is 13.2 Å². The summed E-state index contributed by atoms with van der Waals surface area (Å²) in [7, 11) is 1.58. The topological polar surface area (TPSA) is 59.6 Å². The van der Waals surface area contributed by atoms with Gasteiger partial charge in [0, 0.05) is 6.54 Å². The van der Waals surface area contributed by atoms with Crippen LogP contribution in [0.3, 0.4) is 0 Å². The first-order chi connectivity index (χ1) is 10.1. The lowest BCUT2D eigenvalue weighted by molar-refractivity contribution is -0.123. The summed E-state index contributed by atoms with van der Waals surface area (Å²) in [6.45, 7) is 4.96. The molecule has 21 heavy (non-hydrogen) atoms. The van der Waals surface area contributed by atoms with Crippen LogP contribution < -0.4 is 20.1 Å². The van der Waals surface area contributed by atoms with Crippen LogP contribution in [-0.4, -0.2) is 39.3 Å². The molecule has 0 saturated carbocycles. The van der Waals surface area contributed by atoms with Crippen molar-refractivity contribution in [3.63, 3.8) is 0 Å². The van der Waals surface area contributed by atoms with E-state index in [1.165, 1.54) is 0 Å². The number of ether oxygens (including phenoxy) is 2. The zero-order valence-corrected chi connectivity index (χ0v) is 12.8. The summed E-state index contributed by atoms with van der Waals surface area (Å²) in [5, 5.41) is 6.30. The van der Waals surface area contributed by atoms with Crippen LogP contribution in [0.15, 0.2) is 24.3 Å². The Balaban J connectivity index is 1.77. The zero-order valence-electron chi connectivity index (χ0n) is 12.8. The highest BCUT2D eigenvalue weighted by Crippen LogP contribution is 2.27. The van der Waals surface area contributed by atoms with Crippen LogP contribution in [0.25, 0.3) is 0 Å². The number of nitrogens with one attached hydrogen (secondary N) is 2. The maximum atomic E-state index is 11.9.